The van der Waals surface area contributed by atoms with Gasteiger partial charge in [-0.1, -0.05) is 22.0 Å². The van der Waals surface area contributed by atoms with Crippen LogP contribution in [-0.4, -0.2) is 14.3 Å². The molecule has 7 heteroatoms. The molecule has 0 aromatic heterocycles. The fourth-order valence-corrected chi connectivity index (χ4v) is 3.72. The van der Waals surface area contributed by atoms with Crippen LogP contribution in [0, 0.1) is 6.92 Å². The van der Waals surface area contributed by atoms with E-state index >= 15 is 0 Å². The molecule has 0 unspecified atom stereocenters. The van der Waals surface area contributed by atoms with E-state index in [-0.39, 0.29) is 17.2 Å². The van der Waals surface area contributed by atoms with Gasteiger partial charge in [-0.15, -0.1) is 0 Å². The van der Waals surface area contributed by atoms with Gasteiger partial charge in [0.05, 0.1) is 11.3 Å². The van der Waals surface area contributed by atoms with Crippen LogP contribution in [0.2, 0.25) is 0 Å². The molecule has 1 heterocycles. The van der Waals surface area contributed by atoms with Crippen molar-refractivity contribution < 1.29 is 13.2 Å². The number of rotatable bonds is 3. The maximum atomic E-state index is 12.4. The van der Waals surface area contributed by atoms with E-state index in [0.29, 0.717) is 16.9 Å². The van der Waals surface area contributed by atoms with Gasteiger partial charge in [0.15, 0.2) is 0 Å². The van der Waals surface area contributed by atoms with Crippen molar-refractivity contribution in [1.29, 1.82) is 0 Å². The molecule has 22 heavy (non-hydrogen) atoms. The molecular formula is C15H13BrN2O3S. The first-order chi connectivity index (χ1) is 10.3. The minimum atomic E-state index is -3.69. The standard InChI is InChI=1S/C15H13BrN2O3S/c1-9-2-3-11(8-13(9)16)18-22(20,21)12-4-5-14-10(6-12)7-15(19)17-14/h2-6,8,18H,7H2,1H3,(H,17,19). The Morgan fingerprint density at radius 1 is 1.18 bits per heavy atom. The summed E-state index contributed by atoms with van der Waals surface area (Å²) in [5.74, 6) is -0.125. The Balaban J connectivity index is 1.92. The number of nitrogens with one attached hydrogen (secondary N) is 2. The van der Waals surface area contributed by atoms with E-state index in [1.54, 1.807) is 18.2 Å². The second-order valence-corrected chi connectivity index (χ2v) is 7.65. The summed E-state index contributed by atoms with van der Waals surface area (Å²) in [5.41, 5.74) is 2.86. The van der Waals surface area contributed by atoms with Crippen molar-refractivity contribution in [3.05, 3.63) is 52.0 Å². The van der Waals surface area contributed by atoms with Gasteiger partial charge in [-0.2, -0.15) is 0 Å². The van der Waals surface area contributed by atoms with Gasteiger partial charge >= 0.3 is 0 Å². The number of benzene rings is 2. The number of hydrogen-bond donors (Lipinski definition) is 2. The number of amides is 1. The van der Waals surface area contributed by atoms with Crippen molar-refractivity contribution >= 4 is 43.2 Å². The molecule has 1 aliphatic heterocycles. The highest BCUT2D eigenvalue weighted by atomic mass is 79.9. The quantitative estimate of drug-likeness (QED) is 0.858. The molecule has 0 bridgehead atoms. The smallest absolute Gasteiger partial charge is 0.261 e. The van der Waals surface area contributed by atoms with E-state index in [2.05, 4.69) is 26.0 Å². The molecule has 5 nitrogen and oxygen atoms in total. The van der Waals surface area contributed by atoms with Crippen LogP contribution in [0.3, 0.4) is 0 Å². The lowest BCUT2D eigenvalue weighted by Gasteiger charge is -2.10. The third kappa shape index (κ3) is 2.86. The van der Waals surface area contributed by atoms with Crippen LogP contribution in [0.4, 0.5) is 11.4 Å². The van der Waals surface area contributed by atoms with Crippen molar-refractivity contribution in [1.82, 2.24) is 0 Å². The maximum absolute atomic E-state index is 12.4. The molecule has 1 amide bonds. The number of carbonyl (C=O) groups excluding carboxylic acids is 1. The summed E-state index contributed by atoms with van der Waals surface area (Å²) in [6.45, 7) is 1.92. The lowest BCUT2D eigenvalue weighted by atomic mass is 10.2. The third-order valence-corrected chi connectivity index (χ3v) is 5.67. The zero-order valence-corrected chi connectivity index (χ0v) is 14.1. The summed E-state index contributed by atoms with van der Waals surface area (Å²) in [5, 5.41) is 2.68. The van der Waals surface area contributed by atoms with Crippen LogP contribution in [0.15, 0.2) is 45.8 Å². The van der Waals surface area contributed by atoms with Crippen molar-refractivity contribution in [2.75, 3.05) is 10.0 Å². The Morgan fingerprint density at radius 2 is 1.95 bits per heavy atom. The van der Waals surface area contributed by atoms with Gasteiger partial charge in [-0.05, 0) is 48.4 Å². The Kier molecular flexibility index (Phi) is 3.70. The molecule has 2 aromatic rings. The number of anilines is 2. The van der Waals surface area contributed by atoms with Crippen LogP contribution in [0.5, 0.6) is 0 Å². The highest BCUT2D eigenvalue weighted by Crippen LogP contribution is 2.27. The number of halogens is 1. The summed E-state index contributed by atoms with van der Waals surface area (Å²) in [4.78, 5) is 11.5. The Hall–Kier alpha value is -1.86. The number of sulfonamides is 1. The average Bonchev–Trinajstić information content (AvgIpc) is 2.81. The van der Waals surface area contributed by atoms with Crippen molar-refractivity contribution in [3.63, 3.8) is 0 Å². The average molecular weight is 381 g/mol. The summed E-state index contributed by atoms with van der Waals surface area (Å²) in [6, 6.07) is 9.86. The van der Waals surface area contributed by atoms with Gasteiger partial charge in [-0.3, -0.25) is 9.52 Å². The predicted molar refractivity (Wildman–Crippen MR) is 88.5 cm³/mol. The van der Waals surface area contributed by atoms with E-state index < -0.39 is 10.0 Å². The molecule has 0 atom stereocenters. The molecule has 0 saturated carbocycles. The summed E-state index contributed by atoms with van der Waals surface area (Å²) < 4.78 is 28.3. The summed E-state index contributed by atoms with van der Waals surface area (Å²) in [6.07, 6.45) is 0.203. The predicted octanol–water partition coefficient (Wildman–Crippen LogP) is 3.05. The molecule has 0 radical (unpaired) electrons. The van der Waals surface area contributed by atoms with Gasteiger partial charge < -0.3 is 5.32 Å². The molecule has 2 N–H and O–H groups in total. The summed E-state index contributed by atoms with van der Waals surface area (Å²) in [7, 11) is -3.69. The number of aryl methyl sites for hydroxylation is 1. The lowest BCUT2D eigenvalue weighted by molar-refractivity contribution is -0.115. The highest BCUT2D eigenvalue weighted by Gasteiger charge is 2.22. The molecular weight excluding hydrogens is 368 g/mol. The Morgan fingerprint density at radius 3 is 2.68 bits per heavy atom. The van der Waals surface area contributed by atoms with E-state index in [1.165, 1.54) is 12.1 Å². The van der Waals surface area contributed by atoms with Crippen LogP contribution in [0.1, 0.15) is 11.1 Å². The number of fused-ring (bicyclic) bond motifs is 1. The molecule has 3 rings (SSSR count). The van der Waals surface area contributed by atoms with E-state index in [0.717, 1.165) is 10.0 Å². The number of carbonyl (C=O) groups is 1. The van der Waals surface area contributed by atoms with Crippen molar-refractivity contribution in [2.24, 2.45) is 0 Å². The fourth-order valence-electron chi connectivity index (χ4n) is 2.24. The molecule has 0 aliphatic carbocycles. The second-order valence-electron chi connectivity index (χ2n) is 5.11. The first kappa shape index (κ1) is 15.1. The lowest BCUT2D eigenvalue weighted by Crippen LogP contribution is -2.13. The van der Waals surface area contributed by atoms with E-state index in [9.17, 15) is 13.2 Å². The van der Waals surface area contributed by atoms with Crippen LogP contribution >= 0.6 is 15.9 Å². The van der Waals surface area contributed by atoms with Crippen LogP contribution in [0.25, 0.3) is 0 Å². The molecule has 114 valence electrons. The maximum Gasteiger partial charge on any atom is 0.261 e. The minimum Gasteiger partial charge on any atom is -0.326 e. The minimum absolute atomic E-state index is 0.125. The van der Waals surface area contributed by atoms with Gasteiger partial charge in [-0.25, -0.2) is 8.42 Å². The fraction of sp³-hybridized carbons (Fsp3) is 0.133. The van der Waals surface area contributed by atoms with Gasteiger partial charge in [0, 0.05) is 15.8 Å². The zero-order valence-electron chi connectivity index (χ0n) is 11.7. The Bertz CT molecular complexity index is 878. The molecule has 1 aliphatic rings. The van der Waals surface area contributed by atoms with Gasteiger partial charge in [0.2, 0.25) is 5.91 Å². The van der Waals surface area contributed by atoms with Crippen LogP contribution < -0.4 is 10.0 Å². The van der Waals surface area contributed by atoms with E-state index in [4.69, 9.17) is 0 Å². The first-order valence-electron chi connectivity index (χ1n) is 6.57. The van der Waals surface area contributed by atoms with Gasteiger partial charge in [0.25, 0.3) is 10.0 Å². The topological polar surface area (TPSA) is 75.3 Å². The highest BCUT2D eigenvalue weighted by molar-refractivity contribution is 9.10. The third-order valence-electron chi connectivity index (χ3n) is 3.44. The van der Waals surface area contributed by atoms with Crippen LogP contribution in [-0.2, 0) is 21.2 Å². The first-order valence-corrected chi connectivity index (χ1v) is 8.84. The van der Waals surface area contributed by atoms with Crippen molar-refractivity contribution in [2.45, 2.75) is 18.2 Å². The SMILES string of the molecule is Cc1ccc(NS(=O)(=O)c2ccc3c(c2)CC(=O)N3)cc1Br. The summed E-state index contributed by atoms with van der Waals surface area (Å²) >= 11 is 3.38. The van der Waals surface area contributed by atoms with E-state index in [1.807, 2.05) is 13.0 Å². The zero-order chi connectivity index (χ0) is 15.9. The number of hydrogen-bond acceptors (Lipinski definition) is 3. The Labute approximate surface area is 136 Å². The largest absolute Gasteiger partial charge is 0.326 e. The molecule has 0 fully saturated rings. The normalized spacial score (nSPS) is 13.6. The van der Waals surface area contributed by atoms with Gasteiger partial charge in [0.1, 0.15) is 0 Å². The second kappa shape index (κ2) is 5.40. The molecule has 0 spiro atoms. The monoisotopic (exact) mass is 380 g/mol. The molecule has 2 aromatic carbocycles. The molecule has 0 saturated heterocycles. The van der Waals surface area contributed by atoms with Crippen molar-refractivity contribution in [3.8, 4) is 0 Å².